The molecule has 6 aliphatic rings. The Morgan fingerprint density at radius 2 is 1.51 bits per heavy atom. The van der Waals surface area contributed by atoms with E-state index in [1.807, 2.05) is 0 Å². The molecule has 5 radical (unpaired) electrons. The summed E-state index contributed by atoms with van der Waals surface area (Å²) in [7, 11) is 2.41. The van der Waals surface area contributed by atoms with Gasteiger partial charge in [0.15, 0.2) is 0 Å². The number of hydrogen-bond acceptors (Lipinski definition) is 2. The fourth-order valence-corrected chi connectivity index (χ4v) is 16.4. The number of nitrogens with zero attached hydrogens (tertiary/aromatic N) is 2. The minimum atomic E-state index is -2.27. The molecule has 4 aromatic rings. The van der Waals surface area contributed by atoms with Crippen molar-refractivity contribution >= 4 is 98.8 Å². The van der Waals surface area contributed by atoms with Gasteiger partial charge in [-0.05, 0) is 0 Å². The quantitative estimate of drug-likeness (QED) is 0.288. The van der Waals surface area contributed by atoms with Crippen molar-refractivity contribution in [3.05, 3.63) is 91.0 Å². The second-order valence-corrected chi connectivity index (χ2v) is 17.8. The van der Waals surface area contributed by atoms with Crippen LogP contribution in [-0.2, 0) is 0 Å². The average Bonchev–Trinajstić information content (AvgIpc) is 3.80. The van der Waals surface area contributed by atoms with Crippen LogP contribution in [0.2, 0.25) is 0 Å². The number of para-hydroxylation sites is 2. The van der Waals surface area contributed by atoms with Crippen molar-refractivity contribution in [3.63, 3.8) is 0 Å². The summed E-state index contributed by atoms with van der Waals surface area (Å²) in [6.45, 7) is 5.58. The normalized spacial score (nSPS) is 22.0. The van der Waals surface area contributed by atoms with Crippen LogP contribution in [0.5, 0.6) is 0 Å². The first-order chi connectivity index (χ1) is 17.3. The molecule has 10 rings (SSSR count). The molecule has 4 saturated heterocycles. The first-order valence-corrected chi connectivity index (χ1v) is 16.4. The number of anilines is 3. The Morgan fingerprint density at radius 1 is 0.800 bits per heavy atom. The molecule has 4 aromatic carbocycles. The third-order valence-corrected chi connectivity index (χ3v) is 17.6. The third kappa shape index (κ3) is 2.12. The topological polar surface area (TPSA) is 15.6 Å². The molecule has 0 saturated carbocycles. The second-order valence-electron chi connectivity index (χ2n) is 10.9. The predicted octanol–water partition coefficient (Wildman–Crippen LogP) is 2.76. The average molecular weight is 469 g/mol. The van der Waals surface area contributed by atoms with Crippen LogP contribution < -0.4 is 26.6 Å². The molecule has 0 aliphatic carbocycles. The zero-order valence-corrected chi connectivity index (χ0v) is 20.8. The number of fused-ring (bicyclic) bond motifs is 7. The zero-order valence-electron chi connectivity index (χ0n) is 19.0. The number of rotatable bonds is 3. The summed E-state index contributed by atoms with van der Waals surface area (Å²) >= 11 is 0. The molecular formula is C24H15B7N2P2-. The van der Waals surface area contributed by atoms with Crippen LogP contribution in [0.4, 0.5) is 17.1 Å². The van der Waals surface area contributed by atoms with E-state index >= 15 is 0 Å². The van der Waals surface area contributed by atoms with Crippen LogP contribution in [0, 0.1) is 0 Å². The fraction of sp³-hybridized carbons (Fsp3) is 0. The van der Waals surface area contributed by atoms with Crippen LogP contribution in [0.15, 0.2) is 95.5 Å². The van der Waals surface area contributed by atoms with Gasteiger partial charge in [-0.15, -0.1) is 0 Å². The van der Waals surface area contributed by atoms with Crippen molar-refractivity contribution < 1.29 is 0 Å². The fourth-order valence-electron chi connectivity index (χ4n) is 7.01. The van der Waals surface area contributed by atoms with E-state index in [-0.39, 0.29) is 14.2 Å². The van der Waals surface area contributed by atoms with Crippen molar-refractivity contribution in [2.75, 3.05) is 4.90 Å². The van der Waals surface area contributed by atoms with Gasteiger partial charge in [0.2, 0.25) is 0 Å². The van der Waals surface area contributed by atoms with Crippen LogP contribution in [-0.4, -0.2) is 46.2 Å². The van der Waals surface area contributed by atoms with Gasteiger partial charge in [0, 0.05) is 0 Å². The molecular weight excluding hydrogens is 454 g/mol. The Morgan fingerprint density at radius 3 is 2.26 bits per heavy atom. The SMILES string of the molecule is [B]1B2[B-]P12(N=[P+]1B2[B-]B21)c1ccc2c3c1-c1ccccc1B3c1ccccc1N2c1ccccc1. The Hall–Kier alpha value is -2.34. The summed E-state index contributed by atoms with van der Waals surface area (Å²) in [6.07, 6.45) is 0.109. The van der Waals surface area contributed by atoms with Gasteiger partial charge in [0.1, 0.15) is 0 Å². The van der Waals surface area contributed by atoms with Gasteiger partial charge >= 0.3 is 210 Å². The number of hydrogen-bond donors (Lipinski definition) is 0. The van der Waals surface area contributed by atoms with Gasteiger partial charge in [0.25, 0.3) is 0 Å². The molecule has 0 atom stereocenters. The predicted molar refractivity (Wildman–Crippen MR) is 162 cm³/mol. The molecule has 35 heavy (non-hydrogen) atoms. The first-order valence-electron chi connectivity index (χ1n) is 12.6. The van der Waals surface area contributed by atoms with Crippen molar-refractivity contribution in [1.29, 1.82) is 0 Å². The third-order valence-electron chi connectivity index (χ3n) is 9.11. The van der Waals surface area contributed by atoms with E-state index in [0.717, 1.165) is 12.4 Å². The molecule has 4 fully saturated rings. The monoisotopic (exact) mass is 470 g/mol. The maximum atomic E-state index is 5.75. The van der Waals surface area contributed by atoms with Crippen molar-refractivity contribution in [2.45, 2.75) is 0 Å². The van der Waals surface area contributed by atoms with E-state index in [9.17, 15) is 0 Å². The van der Waals surface area contributed by atoms with Gasteiger partial charge in [-0.2, -0.15) is 0 Å². The molecule has 2 nitrogen and oxygen atoms in total. The van der Waals surface area contributed by atoms with E-state index in [1.165, 1.54) is 44.6 Å². The van der Waals surface area contributed by atoms with Gasteiger partial charge in [0.05, 0.1) is 0 Å². The second kappa shape index (κ2) is 5.80. The maximum absolute atomic E-state index is 5.75. The van der Waals surface area contributed by atoms with E-state index in [2.05, 4.69) is 117 Å². The molecule has 0 spiro atoms. The van der Waals surface area contributed by atoms with E-state index in [0.29, 0.717) is 6.21 Å². The molecule has 0 N–H and O–H groups in total. The van der Waals surface area contributed by atoms with E-state index in [1.54, 1.807) is 5.30 Å². The van der Waals surface area contributed by atoms with Gasteiger partial charge in [-0.3, -0.25) is 0 Å². The summed E-state index contributed by atoms with van der Waals surface area (Å²) in [5.41, 5.74) is 11.2. The Bertz CT molecular complexity index is 1700. The molecule has 153 valence electrons. The van der Waals surface area contributed by atoms with Crippen molar-refractivity contribution in [1.82, 2.24) is 0 Å². The molecule has 11 heteroatoms. The van der Waals surface area contributed by atoms with Crippen LogP contribution in [0.1, 0.15) is 0 Å². The number of benzene rings is 4. The summed E-state index contributed by atoms with van der Waals surface area (Å²) in [4.78, 5) is 2.49. The van der Waals surface area contributed by atoms with Gasteiger partial charge in [-0.1, -0.05) is 0 Å². The summed E-state index contributed by atoms with van der Waals surface area (Å²) in [5, 5.41) is 1.57. The molecule has 0 bridgehead atoms. The van der Waals surface area contributed by atoms with Crippen molar-refractivity contribution in [2.24, 2.45) is 4.52 Å². The molecule has 0 aromatic heterocycles. The Labute approximate surface area is 209 Å². The Balaban J connectivity index is 1.30. The summed E-state index contributed by atoms with van der Waals surface area (Å²) < 4.78 is 5.75. The molecule has 6 aliphatic heterocycles. The van der Waals surface area contributed by atoms with Crippen LogP contribution >= 0.6 is 13.9 Å². The first kappa shape index (κ1) is 18.9. The summed E-state index contributed by atoms with van der Waals surface area (Å²) in [5.74, 6) is 0. The van der Waals surface area contributed by atoms with E-state index in [4.69, 9.17) is 4.52 Å². The summed E-state index contributed by atoms with van der Waals surface area (Å²) in [6, 6.07) is 34.0. The minimum absolute atomic E-state index is 0.0855. The van der Waals surface area contributed by atoms with Crippen molar-refractivity contribution in [3.8, 4) is 11.1 Å². The molecule has 0 unspecified atom stereocenters. The molecule has 0 amide bonds. The molecule has 6 heterocycles. The van der Waals surface area contributed by atoms with E-state index < -0.39 is 6.39 Å². The van der Waals surface area contributed by atoms with Gasteiger partial charge < -0.3 is 0 Å². The standard InChI is InChI=1S/C24H15B7N2P2/c1-2-8-16(9-3-1)33-20-13-7-6-12-19(20)28-18-11-5-4-10-17(18)23-22(15-14-21(33)24(23)28)35(26-29(35)27-35)32-34-30-25-31(30)34/h1-15H/q-1. The van der Waals surface area contributed by atoms with Crippen LogP contribution in [0.3, 0.4) is 0 Å². The zero-order chi connectivity index (χ0) is 22.5. The van der Waals surface area contributed by atoms with Gasteiger partial charge in [-0.25, -0.2) is 0 Å². The van der Waals surface area contributed by atoms with Crippen LogP contribution in [0.25, 0.3) is 11.1 Å². The Kier molecular flexibility index (Phi) is 3.13.